The zero-order chi connectivity index (χ0) is 24.2. The second kappa shape index (κ2) is 13.4. The third kappa shape index (κ3) is 8.26. The molecule has 0 bridgehead atoms. The zero-order valence-electron chi connectivity index (χ0n) is 20.4. The molecule has 0 fully saturated rings. The van der Waals surface area contributed by atoms with Crippen LogP contribution in [0.1, 0.15) is 44.9 Å². The highest BCUT2D eigenvalue weighted by Gasteiger charge is 2.21. The van der Waals surface area contributed by atoms with Gasteiger partial charge in [0.15, 0.2) is 0 Å². The van der Waals surface area contributed by atoms with Crippen LogP contribution < -0.4 is 10.6 Å². The molecule has 2 aromatic heterocycles. The van der Waals surface area contributed by atoms with Gasteiger partial charge in [-0.2, -0.15) is 4.98 Å². The van der Waals surface area contributed by atoms with Crippen LogP contribution in [-0.2, 0) is 22.4 Å². The minimum Gasteiger partial charge on any atom is -0.382 e. The van der Waals surface area contributed by atoms with Crippen molar-refractivity contribution in [3.63, 3.8) is 0 Å². The van der Waals surface area contributed by atoms with Gasteiger partial charge in [0.25, 0.3) is 0 Å². The molecule has 3 rings (SSSR count). The molecule has 34 heavy (non-hydrogen) atoms. The van der Waals surface area contributed by atoms with Crippen molar-refractivity contribution in [2.75, 3.05) is 25.1 Å². The number of ether oxygens (including phenoxy) is 1. The molecule has 0 saturated heterocycles. The van der Waals surface area contributed by atoms with E-state index in [4.69, 9.17) is 9.72 Å². The van der Waals surface area contributed by atoms with E-state index in [0.717, 1.165) is 25.0 Å². The van der Waals surface area contributed by atoms with E-state index in [0.29, 0.717) is 43.9 Å². The lowest BCUT2D eigenvalue weighted by molar-refractivity contribution is -0.122. The molecule has 8 heteroatoms. The van der Waals surface area contributed by atoms with E-state index in [2.05, 4.69) is 46.6 Å². The molecule has 0 radical (unpaired) electrons. The molecule has 182 valence electrons. The molecule has 0 aliphatic heterocycles. The molecule has 0 aliphatic rings. The van der Waals surface area contributed by atoms with Crippen LogP contribution in [0.15, 0.2) is 55.1 Å². The number of benzene rings is 1. The summed E-state index contributed by atoms with van der Waals surface area (Å²) in [5, 5.41) is 6.41. The molecule has 0 spiro atoms. The molecule has 0 aliphatic carbocycles. The van der Waals surface area contributed by atoms with E-state index in [-0.39, 0.29) is 11.9 Å². The van der Waals surface area contributed by atoms with Crippen LogP contribution in [0.3, 0.4) is 0 Å². The Morgan fingerprint density at radius 1 is 1.15 bits per heavy atom. The summed E-state index contributed by atoms with van der Waals surface area (Å²) >= 11 is 0. The maximum Gasteiger partial charge on any atom is 0.242 e. The van der Waals surface area contributed by atoms with Crippen molar-refractivity contribution in [3.05, 3.63) is 66.4 Å². The molecule has 1 aromatic carbocycles. The number of amides is 1. The minimum atomic E-state index is -0.389. The number of nitrogens with one attached hydrogen (secondary N) is 2. The van der Waals surface area contributed by atoms with E-state index >= 15 is 0 Å². The molecule has 0 saturated carbocycles. The summed E-state index contributed by atoms with van der Waals surface area (Å²) in [7, 11) is 0. The van der Waals surface area contributed by atoms with Crippen LogP contribution in [0.4, 0.5) is 5.82 Å². The summed E-state index contributed by atoms with van der Waals surface area (Å²) in [5.41, 5.74) is 2.16. The number of rotatable bonds is 14. The lowest BCUT2D eigenvalue weighted by Gasteiger charge is -2.21. The van der Waals surface area contributed by atoms with E-state index in [1.807, 2.05) is 37.4 Å². The summed E-state index contributed by atoms with van der Waals surface area (Å²) in [4.78, 5) is 26.5. The number of hydrogen-bond acceptors (Lipinski definition) is 6. The highest BCUT2D eigenvalue weighted by Crippen LogP contribution is 2.16. The van der Waals surface area contributed by atoms with Crippen LogP contribution >= 0.6 is 0 Å². The van der Waals surface area contributed by atoms with Gasteiger partial charge in [-0.25, -0.2) is 9.97 Å². The number of hydrogen-bond donors (Lipinski definition) is 2. The van der Waals surface area contributed by atoms with Gasteiger partial charge in [-0.15, -0.1) is 0 Å². The van der Waals surface area contributed by atoms with Crippen molar-refractivity contribution in [2.45, 2.75) is 52.5 Å². The van der Waals surface area contributed by atoms with Crippen molar-refractivity contribution in [1.29, 1.82) is 0 Å². The monoisotopic (exact) mass is 464 g/mol. The lowest BCUT2D eigenvalue weighted by atomic mass is 10.0. The Kier molecular flexibility index (Phi) is 10.0. The second-order valence-corrected chi connectivity index (χ2v) is 8.67. The highest BCUT2D eigenvalue weighted by molar-refractivity contribution is 5.84. The molecule has 2 heterocycles. The van der Waals surface area contributed by atoms with Crippen LogP contribution in [0.25, 0.3) is 5.95 Å². The normalized spacial score (nSPS) is 12.0. The Balaban J connectivity index is 1.75. The number of aromatic nitrogens is 4. The van der Waals surface area contributed by atoms with Gasteiger partial charge in [0, 0.05) is 43.9 Å². The fraction of sp³-hybridized carbons (Fsp3) is 0.462. The first-order valence-corrected chi connectivity index (χ1v) is 12.1. The summed E-state index contributed by atoms with van der Waals surface area (Å²) in [6.07, 6.45) is 8.31. The molecule has 1 atom stereocenters. The van der Waals surface area contributed by atoms with Crippen LogP contribution in [0.5, 0.6) is 0 Å². The Hall–Kier alpha value is -3.26. The van der Waals surface area contributed by atoms with E-state index in [1.54, 1.807) is 17.1 Å². The molecule has 8 nitrogen and oxygen atoms in total. The van der Waals surface area contributed by atoms with Gasteiger partial charge in [-0.3, -0.25) is 9.36 Å². The molecule has 3 aromatic rings. The first kappa shape index (κ1) is 25.4. The van der Waals surface area contributed by atoms with Gasteiger partial charge < -0.3 is 15.4 Å². The SMILES string of the molecule is CCOCCCNC(=O)[C@H](CC(C)C)Nc1cc(CCc2ccccc2)nc(-n2ccnc2)n1. The van der Waals surface area contributed by atoms with Crippen molar-refractivity contribution >= 4 is 11.7 Å². The third-order valence-electron chi connectivity index (χ3n) is 5.33. The number of carbonyl (C=O) groups excluding carboxylic acids is 1. The minimum absolute atomic E-state index is 0.0289. The van der Waals surface area contributed by atoms with E-state index in [9.17, 15) is 4.79 Å². The zero-order valence-corrected chi connectivity index (χ0v) is 20.4. The van der Waals surface area contributed by atoms with Gasteiger partial charge >= 0.3 is 0 Å². The van der Waals surface area contributed by atoms with Gasteiger partial charge in [0.2, 0.25) is 11.9 Å². The Bertz CT molecular complexity index is 992. The fourth-order valence-corrected chi connectivity index (χ4v) is 3.63. The summed E-state index contributed by atoms with van der Waals surface area (Å²) in [5.74, 6) is 1.49. The van der Waals surface area contributed by atoms with Crippen LogP contribution in [-0.4, -0.2) is 51.2 Å². The average molecular weight is 465 g/mol. The van der Waals surface area contributed by atoms with Gasteiger partial charge in [-0.05, 0) is 44.1 Å². The van der Waals surface area contributed by atoms with Gasteiger partial charge in [0.05, 0.1) is 0 Å². The maximum atomic E-state index is 13.0. The summed E-state index contributed by atoms with van der Waals surface area (Å²) < 4.78 is 7.14. The van der Waals surface area contributed by atoms with Crippen molar-refractivity contribution in [2.24, 2.45) is 5.92 Å². The first-order valence-electron chi connectivity index (χ1n) is 12.1. The summed E-state index contributed by atoms with van der Waals surface area (Å²) in [6, 6.07) is 11.9. The quantitative estimate of drug-likeness (QED) is 0.352. The summed E-state index contributed by atoms with van der Waals surface area (Å²) in [6.45, 7) is 8.10. The van der Waals surface area contributed by atoms with Crippen molar-refractivity contribution in [3.8, 4) is 5.95 Å². The van der Waals surface area contributed by atoms with E-state index in [1.165, 1.54) is 5.56 Å². The predicted molar refractivity (Wildman–Crippen MR) is 134 cm³/mol. The standard InChI is InChI=1S/C26H36N6O2/c1-4-34-16-8-13-28-25(33)23(17-20(2)3)30-24-18-22(12-11-21-9-6-5-7-10-21)29-26(31-24)32-15-14-27-19-32/h5-7,9-10,14-15,18-20,23H,4,8,11-13,16-17H2,1-3H3,(H,28,33)(H,29,30,31)/t23-/m0/s1. The number of imidazole rings is 1. The Labute approximate surface area is 202 Å². The maximum absolute atomic E-state index is 13.0. The van der Waals surface area contributed by atoms with Gasteiger partial charge in [0.1, 0.15) is 18.2 Å². The third-order valence-corrected chi connectivity index (χ3v) is 5.33. The van der Waals surface area contributed by atoms with E-state index < -0.39 is 0 Å². The molecular weight excluding hydrogens is 428 g/mol. The lowest BCUT2D eigenvalue weighted by Crippen LogP contribution is -2.41. The van der Waals surface area contributed by atoms with Gasteiger partial charge in [-0.1, -0.05) is 44.2 Å². The van der Waals surface area contributed by atoms with Crippen LogP contribution in [0, 0.1) is 5.92 Å². The Morgan fingerprint density at radius 2 is 1.97 bits per heavy atom. The predicted octanol–water partition coefficient (Wildman–Crippen LogP) is 3.82. The number of nitrogens with zero attached hydrogens (tertiary/aromatic N) is 4. The molecular formula is C26H36N6O2. The highest BCUT2D eigenvalue weighted by atomic mass is 16.5. The largest absolute Gasteiger partial charge is 0.382 e. The number of anilines is 1. The number of carbonyl (C=O) groups is 1. The topological polar surface area (TPSA) is 94.0 Å². The second-order valence-electron chi connectivity index (χ2n) is 8.67. The Morgan fingerprint density at radius 3 is 2.68 bits per heavy atom. The van der Waals surface area contributed by atoms with Crippen LogP contribution in [0.2, 0.25) is 0 Å². The molecule has 1 amide bonds. The average Bonchev–Trinajstić information content (AvgIpc) is 3.38. The first-order chi connectivity index (χ1) is 16.5. The smallest absolute Gasteiger partial charge is 0.242 e. The molecule has 2 N–H and O–H groups in total. The fourth-order valence-electron chi connectivity index (χ4n) is 3.63. The molecule has 0 unspecified atom stereocenters. The number of aryl methyl sites for hydroxylation is 2. The van der Waals surface area contributed by atoms with Crippen molar-refractivity contribution in [1.82, 2.24) is 24.8 Å². The van der Waals surface area contributed by atoms with Crippen molar-refractivity contribution < 1.29 is 9.53 Å².